The molecule has 122 valence electrons. The molecule has 0 fully saturated rings. The SMILES string of the molecule is C=C/C=C\C=C(/C)C1=NNCC(c2cccc(OC)c2)=C1.CF. The minimum absolute atomic E-state index is 0.500. The van der Waals surface area contributed by atoms with Crippen molar-refractivity contribution in [3.8, 4) is 5.75 Å². The average Bonchev–Trinajstić information content (AvgIpc) is 2.63. The first-order chi connectivity index (χ1) is 11.2. The maximum atomic E-state index is 9.50. The van der Waals surface area contributed by atoms with Crippen molar-refractivity contribution in [3.63, 3.8) is 0 Å². The van der Waals surface area contributed by atoms with Crippen LogP contribution in [0, 0.1) is 0 Å². The van der Waals surface area contributed by atoms with Gasteiger partial charge in [-0.05, 0) is 41.8 Å². The number of benzene rings is 1. The molecule has 0 radical (unpaired) electrons. The summed E-state index contributed by atoms with van der Waals surface area (Å²) in [5.74, 6) is 0.860. The second-order valence-electron chi connectivity index (χ2n) is 4.70. The molecule has 0 bridgehead atoms. The van der Waals surface area contributed by atoms with Crippen LogP contribution in [0.4, 0.5) is 4.39 Å². The molecule has 1 heterocycles. The first kappa shape index (κ1) is 18.4. The quantitative estimate of drug-likeness (QED) is 0.822. The van der Waals surface area contributed by atoms with Crippen LogP contribution in [0.1, 0.15) is 12.5 Å². The number of allylic oxidation sites excluding steroid dienone is 6. The van der Waals surface area contributed by atoms with E-state index in [1.807, 2.05) is 43.4 Å². The Morgan fingerprint density at radius 2 is 2.13 bits per heavy atom. The van der Waals surface area contributed by atoms with E-state index in [1.54, 1.807) is 13.2 Å². The number of ether oxygens (including phenoxy) is 1. The zero-order valence-corrected chi connectivity index (χ0v) is 13.8. The van der Waals surface area contributed by atoms with Gasteiger partial charge in [-0.2, -0.15) is 5.10 Å². The molecule has 1 aromatic rings. The molecule has 1 aliphatic heterocycles. The number of nitrogens with zero attached hydrogens (tertiary/aromatic N) is 1. The highest BCUT2D eigenvalue weighted by Gasteiger charge is 2.10. The third-order valence-corrected chi connectivity index (χ3v) is 3.22. The molecular weight excluding hydrogens is 291 g/mol. The van der Waals surface area contributed by atoms with Gasteiger partial charge >= 0.3 is 0 Å². The van der Waals surface area contributed by atoms with Crippen molar-refractivity contribution < 1.29 is 9.13 Å². The Balaban J connectivity index is 0.00000127. The third kappa shape index (κ3) is 5.58. The first-order valence-corrected chi connectivity index (χ1v) is 7.24. The molecule has 0 aromatic heterocycles. The Bertz CT molecular complexity index is 643. The summed E-state index contributed by atoms with van der Waals surface area (Å²) < 4.78 is 14.8. The molecule has 0 aliphatic carbocycles. The predicted molar refractivity (Wildman–Crippen MR) is 96.5 cm³/mol. The fourth-order valence-electron chi connectivity index (χ4n) is 2.03. The van der Waals surface area contributed by atoms with Crippen molar-refractivity contribution in [2.45, 2.75) is 6.92 Å². The van der Waals surface area contributed by atoms with Crippen molar-refractivity contribution in [2.24, 2.45) is 5.10 Å². The van der Waals surface area contributed by atoms with E-state index < -0.39 is 0 Å². The maximum absolute atomic E-state index is 9.50. The van der Waals surface area contributed by atoms with Gasteiger partial charge in [0.25, 0.3) is 0 Å². The standard InChI is InChI=1S/C18H20N2O.CH3F/c1-4-5-6-8-14(2)18-12-16(13-19-20-18)15-9-7-10-17(11-15)21-3;1-2/h4-12,19H,1,13H2,2-3H3;1H3/b6-5-,14-8+;. The molecule has 0 saturated heterocycles. The van der Waals surface area contributed by atoms with E-state index in [9.17, 15) is 4.39 Å². The summed E-state index contributed by atoms with van der Waals surface area (Å²) in [6, 6.07) is 8.05. The molecule has 1 aliphatic rings. The fraction of sp³-hybridized carbons (Fsp3) is 0.211. The van der Waals surface area contributed by atoms with Gasteiger partial charge in [-0.15, -0.1) is 0 Å². The molecular formula is C19H23FN2O. The van der Waals surface area contributed by atoms with Crippen LogP contribution in [-0.2, 0) is 0 Å². The number of hydrazone groups is 1. The van der Waals surface area contributed by atoms with Crippen LogP contribution in [-0.4, -0.2) is 26.5 Å². The number of hydrogen-bond donors (Lipinski definition) is 1. The molecule has 1 aromatic carbocycles. The molecule has 0 amide bonds. The van der Waals surface area contributed by atoms with Crippen LogP contribution in [0.2, 0.25) is 0 Å². The number of hydrogen-bond acceptors (Lipinski definition) is 3. The van der Waals surface area contributed by atoms with Gasteiger partial charge < -0.3 is 10.2 Å². The van der Waals surface area contributed by atoms with E-state index in [2.05, 4.69) is 29.2 Å². The van der Waals surface area contributed by atoms with Crippen LogP contribution in [0.15, 0.2) is 71.9 Å². The lowest BCUT2D eigenvalue weighted by molar-refractivity contribution is 0.414. The molecule has 0 saturated carbocycles. The number of methoxy groups -OCH3 is 1. The number of halogens is 1. The minimum atomic E-state index is 0.500. The molecule has 4 heteroatoms. The molecule has 3 nitrogen and oxygen atoms in total. The van der Waals surface area contributed by atoms with Crippen LogP contribution in [0.3, 0.4) is 0 Å². The van der Waals surface area contributed by atoms with Gasteiger partial charge in [-0.25, -0.2) is 0 Å². The van der Waals surface area contributed by atoms with Crippen molar-refractivity contribution >= 4 is 11.3 Å². The van der Waals surface area contributed by atoms with E-state index in [4.69, 9.17) is 4.74 Å². The predicted octanol–water partition coefficient (Wildman–Crippen LogP) is 4.31. The Labute approximate surface area is 137 Å². The van der Waals surface area contributed by atoms with E-state index in [-0.39, 0.29) is 0 Å². The average molecular weight is 314 g/mol. The first-order valence-electron chi connectivity index (χ1n) is 7.24. The zero-order valence-electron chi connectivity index (χ0n) is 13.8. The summed E-state index contributed by atoms with van der Waals surface area (Å²) in [5, 5.41) is 4.36. The third-order valence-electron chi connectivity index (χ3n) is 3.22. The number of nitrogens with one attached hydrogen (secondary N) is 1. The largest absolute Gasteiger partial charge is 0.497 e. The summed E-state index contributed by atoms with van der Waals surface area (Å²) in [7, 11) is 2.18. The number of rotatable bonds is 5. The highest BCUT2D eigenvalue weighted by atomic mass is 19.1. The maximum Gasteiger partial charge on any atom is 0.119 e. The lowest BCUT2D eigenvalue weighted by Gasteiger charge is -2.15. The van der Waals surface area contributed by atoms with E-state index in [0.717, 1.165) is 22.6 Å². The normalized spacial score (nSPS) is 14.2. The van der Waals surface area contributed by atoms with E-state index in [1.165, 1.54) is 5.57 Å². The highest BCUT2D eigenvalue weighted by Crippen LogP contribution is 2.22. The van der Waals surface area contributed by atoms with E-state index >= 15 is 0 Å². The van der Waals surface area contributed by atoms with Crippen LogP contribution < -0.4 is 10.2 Å². The van der Waals surface area contributed by atoms with Crippen molar-refractivity contribution in [1.82, 2.24) is 5.43 Å². The fourth-order valence-corrected chi connectivity index (χ4v) is 2.03. The van der Waals surface area contributed by atoms with Gasteiger partial charge in [-0.1, -0.05) is 43.0 Å². The lowest BCUT2D eigenvalue weighted by atomic mass is 10.0. The Kier molecular flexibility index (Phi) is 8.14. The molecule has 0 spiro atoms. The summed E-state index contributed by atoms with van der Waals surface area (Å²) in [6.07, 6.45) is 9.74. The summed E-state index contributed by atoms with van der Waals surface area (Å²) >= 11 is 0. The summed E-state index contributed by atoms with van der Waals surface area (Å²) in [4.78, 5) is 0. The van der Waals surface area contributed by atoms with Crippen molar-refractivity contribution in [2.75, 3.05) is 20.8 Å². The van der Waals surface area contributed by atoms with Crippen molar-refractivity contribution in [3.05, 3.63) is 72.4 Å². The monoisotopic (exact) mass is 314 g/mol. The second-order valence-corrected chi connectivity index (χ2v) is 4.70. The smallest absolute Gasteiger partial charge is 0.119 e. The Hall–Kier alpha value is -2.62. The molecule has 0 unspecified atom stereocenters. The van der Waals surface area contributed by atoms with Crippen molar-refractivity contribution in [1.29, 1.82) is 0 Å². The molecule has 2 rings (SSSR count). The zero-order chi connectivity index (χ0) is 17.1. The lowest BCUT2D eigenvalue weighted by Crippen LogP contribution is -2.19. The van der Waals surface area contributed by atoms with Gasteiger partial charge in [0.2, 0.25) is 0 Å². The van der Waals surface area contributed by atoms with Crippen LogP contribution in [0.25, 0.3) is 5.57 Å². The summed E-state index contributed by atoms with van der Waals surface area (Å²) in [5.41, 5.74) is 7.46. The highest BCUT2D eigenvalue weighted by molar-refractivity contribution is 6.12. The molecule has 23 heavy (non-hydrogen) atoms. The number of alkyl halides is 1. The van der Waals surface area contributed by atoms with Gasteiger partial charge in [0.1, 0.15) is 5.75 Å². The molecule has 1 N–H and O–H groups in total. The Morgan fingerprint density at radius 3 is 2.83 bits per heavy atom. The van der Waals surface area contributed by atoms with Gasteiger partial charge in [0, 0.05) is 0 Å². The minimum Gasteiger partial charge on any atom is -0.497 e. The summed E-state index contributed by atoms with van der Waals surface area (Å²) in [6.45, 7) is 6.41. The second kappa shape index (κ2) is 10.2. The molecule has 0 atom stereocenters. The van der Waals surface area contributed by atoms with E-state index in [0.29, 0.717) is 13.7 Å². The van der Waals surface area contributed by atoms with Crippen LogP contribution in [0.5, 0.6) is 5.75 Å². The Morgan fingerprint density at radius 1 is 1.35 bits per heavy atom. The van der Waals surface area contributed by atoms with Crippen LogP contribution >= 0.6 is 0 Å². The van der Waals surface area contributed by atoms with Gasteiger partial charge in [-0.3, -0.25) is 4.39 Å². The van der Waals surface area contributed by atoms with Gasteiger partial charge in [0.15, 0.2) is 0 Å². The van der Waals surface area contributed by atoms with Gasteiger partial charge in [0.05, 0.1) is 26.5 Å². The topological polar surface area (TPSA) is 33.6 Å².